The highest BCUT2D eigenvalue weighted by molar-refractivity contribution is 5.76. The molecule has 0 aliphatic carbocycles. The van der Waals surface area contributed by atoms with Crippen molar-refractivity contribution < 1.29 is 14.6 Å². The molecule has 0 aromatic rings. The first-order valence-electron chi connectivity index (χ1n) is 6.50. The van der Waals surface area contributed by atoms with Gasteiger partial charge in [0.2, 0.25) is 5.91 Å². The van der Waals surface area contributed by atoms with Gasteiger partial charge in [0.25, 0.3) is 0 Å². The van der Waals surface area contributed by atoms with Gasteiger partial charge in [-0.05, 0) is 31.8 Å². The van der Waals surface area contributed by atoms with Crippen LogP contribution in [0.3, 0.4) is 0 Å². The van der Waals surface area contributed by atoms with E-state index in [2.05, 4.69) is 5.32 Å². The average molecular weight is 242 g/mol. The topological polar surface area (TPSA) is 61.8 Å². The van der Waals surface area contributed by atoms with Crippen molar-refractivity contribution in [2.24, 2.45) is 5.92 Å². The van der Waals surface area contributed by atoms with Crippen molar-refractivity contribution in [3.8, 4) is 0 Å². The fraction of sp³-hybridized carbons (Fsp3) is 0.917. The van der Waals surface area contributed by atoms with Gasteiger partial charge in [-0.2, -0.15) is 0 Å². The lowest BCUT2D eigenvalue weighted by Crippen LogP contribution is -2.47. The molecule has 0 bridgehead atoms. The highest BCUT2D eigenvalue weighted by Gasteiger charge is 2.26. The zero-order valence-corrected chi connectivity index (χ0v) is 10.2. The molecule has 2 aliphatic heterocycles. The second kappa shape index (κ2) is 6.33. The van der Waals surface area contributed by atoms with Gasteiger partial charge in [-0.3, -0.25) is 4.79 Å². The fourth-order valence-electron chi connectivity index (χ4n) is 2.36. The van der Waals surface area contributed by atoms with E-state index in [1.54, 1.807) is 0 Å². The Morgan fingerprint density at radius 3 is 2.59 bits per heavy atom. The third-order valence-electron chi connectivity index (χ3n) is 3.57. The van der Waals surface area contributed by atoms with Crippen LogP contribution in [0.5, 0.6) is 0 Å². The highest BCUT2D eigenvalue weighted by Crippen LogP contribution is 2.17. The first-order chi connectivity index (χ1) is 8.29. The minimum atomic E-state index is 0.0772. The summed E-state index contributed by atoms with van der Waals surface area (Å²) in [6.45, 7) is 4.06. The minimum absolute atomic E-state index is 0.0772. The lowest BCUT2D eigenvalue weighted by molar-refractivity contribution is -0.135. The maximum absolute atomic E-state index is 11.9. The number of hydrogen-bond acceptors (Lipinski definition) is 4. The lowest BCUT2D eigenvalue weighted by atomic mass is 9.97. The second-order valence-corrected chi connectivity index (χ2v) is 4.90. The quantitative estimate of drug-likeness (QED) is 0.688. The maximum Gasteiger partial charge on any atom is 0.222 e. The molecule has 2 N–H and O–H groups in total. The SMILES string of the molecule is O=C(CC1CNC1)N1CCC(OCCO)CC1. The van der Waals surface area contributed by atoms with Gasteiger partial charge in [0.15, 0.2) is 0 Å². The van der Waals surface area contributed by atoms with Crippen LogP contribution in [0.1, 0.15) is 19.3 Å². The van der Waals surface area contributed by atoms with E-state index in [1.807, 2.05) is 4.90 Å². The van der Waals surface area contributed by atoms with Crippen molar-refractivity contribution in [1.29, 1.82) is 0 Å². The molecule has 98 valence electrons. The van der Waals surface area contributed by atoms with Crippen molar-refractivity contribution in [1.82, 2.24) is 10.2 Å². The molecule has 2 fully saturated rings. The number of aliphatic hydroxyl groups is 1. The average Bonchev–Trinajstić information content (AvgIpc) is 2.31. The number of rotatable bonds is 5. The molecule has 5 nitrogen and oxygen atoms in total. The van der Waals surface area contributed by atoms with Crippen LogP contribution in [0.4, 0.5) is 0 Å². The van der Waals surface area contributed by atoms with Crippen molar-refractivity contribution in [3.63, 3.8) is 0 Å². The normalized spacial score (nSPS) is 22.5. The summed E-state index contributed by atoms with van der Waals surface area (Å²) in [5.74, 6) is 0.836. The van der Waals surface area contributed by atoms with Gasteiger partial charge in [0.05, 0.1) is 19.3 Å². The predicted octanol–water partition coefficient (Wildman–Crippen LogP) is -0.404. The van der Waals surface area contributed by atoms with E-state index < -0.39 is 0 Å². The fourth-order valence-corrected chi connectivity index (χ4v) is 2.36. The van der Waals surface area contributed by atoms with Crippen molar-refractivity contribution >= 4 is 5.91 Å². The van der Waals surface area contributed by atoms with Gasteiger partial charge in [0.1, 0.15) is 0 Å². The molecule has 0 radical (unpaired) electrons. The lowest BCUT2D eigenvalue weighted by Gasteiger charge is -2.34. The third kappa shape index (κ3) is 3.66. The van der Waals surface area contributed by atoms with E-state index in [1.165, 1.54) is 0 Å². The van der Waals surface area contributed by atoms with Crippen LogP contribution in [-0.4, -0.2) is 61.4 Å². The molecule has 0 spiro atoms. The van der Waals surface area contributed by atoms with Gasteiger partial charge in [-0.1, -0.05) is 0 Å². The van der Waals surface area contributed by atoms with Crippen molar-refractivity contribution in [2.45, 2.75) is 25.4 Å². The summed E-state index contributed by atoms with van der Waals surface area (Å²) in [6, 6.07) is 0. The number of nitrogens with one attached hydrogen (secondary N) is 1. The Morgan fingerprint density at radius 2 is 2.06 bits per heavy atom. The summed E-state index contributed by atoms with van der Waals surface area (Å²) in [5, 5.41) is 11.9. The van der Waals surface area contributed by atoms with E-state index in [9.17, 15) is 4.79 Å². The van der Waals surface area contributed by atoms with E-state index in [4.69, 9.17) is 9.84 Å². The molecule has 2 rings (SSSR count). The van der Waals surface area contributed by atoms with E-state index in [0.29, 0.717) is 18.9 Å². The van der Waals surface area contributed by atoms with Crippen molar-refractivity contribution in [2.75, 3.05) is 39.4 Å². The van der Waals surface area contributed by atoms with Crippen LogP contribution in [0.2, 0.25) is 0 Å². The van der Waals surface area contributed by atoms with Gasteiger partial charge in [-0.15, -0.1) is 0 Å². The molecule has 0 atom stereocenters. The van der Waals surface area contributed by atoms with Gasteiger partial charge >= 0.3 is 0 Å². The van der Waals surface area contributed by atoms with Gasteiger partial charge in [0, 0.05) is 19.5 Å². The molecule has 0 unspecified atom stereocenters. The third-order valence-corrected chi connectivity index (χ3v) is 3.57. The summed E-state index contributed by atoms with van der Waals surface area (Å²) < 4.78 is 5.48. The Kier molecular flexibility index (Phi) is 4.76. The highest BCUT2D eigenvalue weighted by atomic mass is 16.5. The molecule has 0 aromatic heterocycles. The molecular weight excluding hydrogens is 220 g/mol. The number of hydrogen-bond donors (Lipinski definition) is 2. The monoisotopic (exact) mass is 242 g/mol. The maximum atomic E-state index is 11.9. The summed E-state index contributed by atoms with van der Waals surface area (Å²) in [4.78, 5) is 13.9. The molecule has 2 saturated heterocycles. The van der Waals surface area contributed by atoms with Crippen LogP contribution in [-0.2, 0) is 9.53 Å². The molecule has 2 heterocycles. The number of ether oxygens (including phenoxy) is 1. The van der Waals surface area contributed by atoms with Crippen molar-refractivity contribution in [3.05, 3.63) is 0 Å². The Balaban J connectivity index is 1.65. The first kappa shape index (κ1) is 12.8. The summed E-state index contributed by atoms with van der Waals surface area (Å²) in [6.07, 6.45) is 2.70. The number of carbonyl (C=O) groups is 1. The smallest absolute Gasteiger partial charge is 0.222 e. The predicted molar refractivity (Wildman–Crippen MR) is 63.6 cm³/mol. The van der Waals surface area contributed by atoms with Crippen LogP contribution in [0, 0.1) is 5.92 Å². The molecule has 2 aliphatic rings. The van der Waals surface area contributed by atoms with E-state index >= 15 is 0 Å². The van der Waals surface area contributed by atoms with Gasteiger partial charge < -0.3 is 20.1 Å². The summed E-state index contributed by atoms with van der Waals surface area (Å²) in [5.41, 5.74) is 0. The zero-order valence-electron chi connectivity index (χ0n) is 10.2. The molecule has 17 heavy (non-hydrogen) atoms. The molecule has 0 saturated carbocycles. The van der Waals surface area contributed by atoms with E-state index in [0.717, 1.165) is 39.0 Å². The van der Waals surface area contributed by atoms with Crippen LogP contribution in [0.25, 0.3) is 0 Å². The van der Waals surface area contributed by atoms with Gasteiger partial charge in [-0.25, -0.2) is 0 Å². The summed E-state index contributed by atoms with van der Waals surface area (Å²) in [7, 11) is 0. The van der Waals surface area contributed by atoms with Crippen LogP contribution < -0.4 is 5.32 Å². The first-order valence-corrected chi connectivity index (χ1v) is 6.50. The number of carbonyl (C=O) groups excluding carboxylic acids is 1. The summed E-state index contributed by atoms with van der Waals surface area (Å²) >= 11 is 0. The second-order valence-electron chi connectivity index (χ2n) is 4.90. The zero-order chi connectivity index (χ0) is 12.1. The molecule has 0 aromatic carbocycles. The number of aliphatic hydroxyl groups excluding tert-OH is 1. The number of piperidine rings is 1. The molecule has 5 heteroatoms. The minimum Gasteiger partial charge on any atom is -0.394 e. The largest absolute Gasteiger partial charge is 0.394 e. The number of amides is 1. The number of nitrogens with zero attached hydrogens (tertiary/aromatic N) is 1. The molecule has 1 amide bonds. The standard InChI is InChI=1S/C12H22N2O3/c15-5-6-17-11-1-3-14(4-2-11)12(16)7-10-8-13-9-10/h10-11,13,15H,1-9H2. The Hall–Kier alpha value is -0.650. The Bertz CT molecular complexity index is 248. The molecular formula is C12H22N2O3. The van der Waals surface area contributed by atoms with Crippen LogP contribution >= 0.6 is 0 Å². The number of likely N-dealkylation sites (tertiary alicyclic amines) is 1. The van der Waals surface area contributed by atoms with E-state index in [-0.39, 0.29) is 18.6 Å². The van der Waals surface area contributed by atoms with Crippen LogP contribution in [0.15, 0.2) is 0 Å². The Labute approximate surface area is 102 Å². The Morgan fingerprint density at radius 1 is 1.35 bits per heavy atom.